The molecule has 15 heavy (non-hydrogen) atoms. The van der Waals surface area contributed by atoms with Gasteiger partial charge in [0.1, 0.15) is 5.82 Å². The molecule has 1 heterocycles. The van der Waals surface area contributed by atoms with Gasteiger partial charge >= 0.3 is 0 Å². The minimum absolute atomic E-state index is 0.516. The Morgan fingerprint density at radius 3 is 2.67 bits per heavy atom. The number of rotatable bonds is 1. The molecular formula is C11H12ClN3. The summed E-state index contributed by atoms with van der Waals surface area (Å²) < 4.78 is 0. The summed E-state index contributed by atoms with van der Waals surface area (Å²) in [6.07, 6.45) is 0. The maximum atomic E-state index is 6.22. The van der Waals surface area contributed by atoms with Gasteiger partial charge in [-0.15, -0.1) is 0 Å². The molecule has 78 valence electrons. The maximum Gasteiger partial charge on any atom is 0.148 e. The van der Waals surface area contributed by atoms with Crippen molar-refractivity contribution in [3.05, 3.63) is 34.3 Å². The van der Waals surface area contributed by atoms with Crippen LogP contribution in [0.2, 0.25) is 5.02 Å². The Morgan fingerprint density at radius 2 is 2.07 bits per heavy atom. The van der Waals surface area contributed by atoms with Gasteiger partial charge in [-0.2, -0.15) is 5.10 Å². The number of aromatic nitrogens is 2. The molecule has 1 aromatic carbocycles. The molecule has 0 spiro atoms. The van der Waals surface area contributed by atoms with E-state index in [9.17, 15) is 0 Å². The molecule has 0 aliphatic heterocycles. The lowest BCUT2D eigenvalue weighted by molar-refractivity contribution is 1.10. The normalized spacial score (nSPS) is 10.6. The van der Waals surface area contributed by atoms with Gasteiger partial charge in [0.15, 0.2) is 0 Å². The lowest BCUT2D eigenvalue weighted by Crippen LogP contribution is -1.87. The van der Waals surface area contributed by atoms with E-state index in [2.05, 4.69) is 10.2 Å². The Kier molecular flexibility index (Phi) is 2.40. The van der Waals surface area contributed by atoms with Gasteiger partial charge in [-0.05, 0) is 19.4 Å². The van der Waals surface area contributed by atoms with Crippen LogP contribution in [0.25, 0.3) is 11.3 Å². The highest BCUT2D eigenvalue weighted by molar-refractivity contribution is 6.34. The van der Waals surface area contributed by atoms with E-state index in [0.717, 1.165) is 27.4 Å². The molecule has 2 aromatic rings. The zero-order valence-corrected chi connectivity index (χ0v) is 9.39. The number of nitrogens with zero attached hydrogens (tertiary/aromatic N) is 1. The summed E-state index contributed by atoms with van der Waals surface area (Å²) in [5, 5.41) is 7.60. The number of aryl methyl sites for hydroxylation is 1. The van der Waals surface area contributed by atoms with Gasteiger partial charge in [0.2, 0.25) is 0 Å². The molecule has 0 fully saturated rings. The van der Waals surface area contributed by atoms with Crippen molar-refractivity contribution in [2.24, 2.45) is 0 Å². The predicted molar refractivity (Wildman–Crippen MR) is 62.9 cm³/mol. The minimum Gasteiger partial charge on any atom is -0.382 e. The molecule has 0 aliphatic rings. The lowest BCUT2D eigenvalue weighted by atomic mass is 10.1. The van der Waals surface area contributed by atoms with Crippen molar-refractivity contribution in [1.82, 2.24) is 10.2 Å². The number of benzene rings is 1. The molecule has 0 amide bonds. The average Bonchev–Trinajstić information content (AvgIpc) is 2.53. The molecule has 1 aromatic heterocycles. The molecule has 0 bridgehead atoms. The van der Waals surface area contributed by atoms with Crippen LogP contribution in [-0.2, 0) is 0 Å². The molecule has 0 saturated carbocycles. The molecular weight excluding hydrogens is 210 g/mol. The summed E-state index contributed by atoms with van der Waals surface area (Å²) in [5.41, 5.74) is 9.49. The molecule has 0 radical (unpaired) electrons. The van der Waals surface area contributed by atoms with Gasteiger partial charge < -0.3 is 5.73 Å². The second-order valence-corrected chi connectivity index (χ2v) is 3.92. The average molecular weight is 222 g/mol. The third-order valence-electron chi connectivity index (χ3n) is 2.51. The molecule has 0 unspecified atom stereocenters. The number of hydrogen-bond acceptors (Lipinski definition) is 2. The first-order valence-corrected chi connectivity index (χ1v) is 5.05. The van der Waals surface area contributed by atoms with Crippen LogP contribution >= 0.6 is 11.6 Å². The number of H-pyrrole nitrogens is 1. The van der Waals surface area contributed by atoms with Gasteiger partial charge in [-0.25, -0.2) is 0 Å². The summed E-state index contributed by atoms with van der Waals surface area (Å²) in [5.74, 6) is 0.516. The van der Waals surface area contributed by atoms with Crippen LogP contribution in [0.5, 0.6) is 0 Å². The van der Waals surface area contributed by atoms with Gasteiger partial charge in [-0.3, -0.25) is 5.10 Å². The monoisotopic (exact) mass is 221 g/mol. The predicted octanol–water partition coefficient (Wildman–Crippen LogP) is 2.93. The van der Waals surface area contributed by atoms with Crippen LogP contribution in [0.15, 0.2) is 18.2 Å². The fourth-order valence-corrected chi connectivity index (χ4v) is 1.74. The molecule has 3 nitrogen and oxygen atoms in total. The standard InChI is InChI=1S/C11H12ClN3/c1-6-4-3-5-8(9(6)12)10-7(2)11(13)15-14-10/h3-5H,1-2H3,(H3,13,14,15). The van der Waals surface area contributed by atoms with Crippen LogP contribution in [-0.4, -0.2) is 10.2 Å². The van der Waals surface area contributed by atoms with Crippen LogP contribution < -0.4 is 5.73 Å². The van der Waals surface area contributed by atoms with E-state index in [4.69, 9.17) is 17.3 Å². The van der Waals surface area contributed by atoms with Gasteiger partial charge in [0, 0.05) is 11.1 Å². The largest absolute Gasteiger partial charge is 0.382 e. The lowest BCUT2D eigenvalue weighted by Gasteiger charge is -2.05. The molecule has 3 N–H and O–H groups in total. The van der Waals surface area contributed by atoms with Crippen molar-refractivity contribution in [2.75, 3.05) is 5.73 Å². The Balaban J connectivity index is 2.64. The van der Waals surface area contributed by atoms with E-state index in [1.54, 1.807) is 0 Å². The van der Waals surface area contributed by atoms with E-state index in [-0.39, 0.29) is 0 Å². The van der Waals surface area contributed by atoms with Gasteiger partial charge in [0.05, 0.1) is 10.7 Å². The van der Waals surface area contributed by atoms with E-state index >= 15 is 0 Å². The van der Waals surface area contributed by atoms with Crippen molar-refractivity contribution < 1.29 is 0 Å². The molecule has 2 rings (SSSR count). The third-order valence-corrected chi connectivity index (χ3v) is 3.01. The van der Waals surface area contributed by atoms with Crippen molar-refractivity contribution in [2.45, 2.75) is 13.8 Å². The van der Waals surface area contributed by atoms with E-state index in [1.165, 1.54) is 0 Å². The summed E-state index contributed by atoms with van der Waals surface area (Å²) >= 11 is 6.22. The smallest absolute Gasteiger partial charge is 0.148 e. The fourth-order valence-electron chi connectivity index (χ4n) is 1.51. The number of aromatic amines is 1. The first-order valence-electron chi connectivity index (χ1n) is 4.67. The Bertz CT molecular complexity index is 503. The van der Waals surface area contributed by atoms with E-state index < -0.39 is 0 Å². The Labute approximate surface area is 93.3 Å². The zero-order chi connectivity index (χ0) is 11.0. The number of nitrogens with one attached hydrogen (secondary N) is 1. The molecule has 0 atom stereocenters. The second kappa shape index (κ2) is 3.59. The fraction of sp³-hybridized carbons (Fsp3) is 0.182. The number of anilines is 1. The summed E-state index contributed by atoms with van der Waals surface area (Å²) in [6.45, 7) is 3.90. The van der Waals surface area contributed by atoms with Crippen LogP contribution in [0, 0.1) is 13.8 Å². The van der Waals surface area contributed by atoms with Crippen molar-refractivity contribution in [1.29, 1.82) is 0 Å². The molecule has 0 saturated heterocycles. The van der Waals surface area contributed by atoms with Crippen LogP contribution in [0.1, 0.15) is 11.1 Å². The first-order chi connectivity index (χ1) is 7.11. The maximum absolute atomic E-state index is 6.22. The minimum atomic E-state index is 0.516. The SMILES string of the molecule is Cc1cccc(-c2[nH]nc(N)c2C)c1Cl. The summed E-state index contributed by atoms with van der Waals surface area (Å²) in [6, 6.07) is 5.89. The third kappa shape index (κ3) is 1.59. The first kappa shape index (κ1) is 10.1. The molecule has 4 heteroatoms. The van der Waals surface area contributed by atoms with Crippen molar-refractivity contribution in [3.8, 4) is 11.3 Å². The molecule has 0 aliphatic carbocycles. The van der Waals surface area contributed by atoms with Crippen LogP contribution in [0.3, 0.4) is 0 Å². The van der Waals surface area contributed by atoms with E-state index in [0.29, 0.717) is 5.82 Å². The quantitative estimate of drug-likeness (QED) is 0.778. The summed E-state index contributed by atoms with van der Waals surface area (Å²) in [4.78, 5) is 0. The van der Waals surface area contributed by atoms with Crippen molar-refractivity contribution in [3.63, 3.8) is 0 Å². The van der Waals surface area contributed by atoms with Gasteiger partial charge in [-0.1, -0.05) is 29.8 Å². The number of hydrogen-bond donors (Lipinski definition) is 2. The van der Waals surface area contributed by atoms with E-state index in [1.807, 2.05) is 32.0 Å². The van der Waals surface area contributed by atoms with Crippen molar-refractivity contribution >= 4 is 17.4 Å². The number of halogens is 1. The number of nitrogen functional groups attached to an aromatic ring is 1. The summed E-state index contributed by atoms with van der Waals surface area (Å²) in [7, 11) is 0. The van der Waals surface area contributed by atoms with Gasteiger partial charge in [0.25, 0.3) is 0 Å². The second-order valence-electron chi connectivity index (χ2n) is 3.55. The van der Waals surface area contributed by atoms with Crippen LogP contribution in [0.4, 0.5) is 5.82 Å². The zero-order valence-electron chi connectivity index (χ0n) is 8.63. The highest BCUT2D eigenvalue weighted by Gasteiger charge is 2.12. The highest BCUT2D eigenvalue weighted by Crippen LogP contribution is 2.32. The number of nitrogens with two attached hydrogens (primary N) is 1. The highest BCUT2D eigenvalue weighted by atomic mass is 35.5. The Morgan fingerprint density at radius 1 is 1.33 bits per heavy atom. The topological polar surface area (TPSA) is 54.7 Å². The Hall–Kier alpha value is -1.48.